The molecule has 4 N–H and O–H groups in total. The zero-order chi connectivity index (χ0) is 24.0. The monoisotopic (exact) mass is 479 g/mol. The highest BCUT2D eigenvalue weighted by Crippen LogP contribution is 2.35. The zero-order valence-electron chi connectivity index (χ0n) is 19.6. The van der Waals surface area contributed by atoms with Gasteiger partial charge in [-0.05, 0) is 58.4 Å². The average molecular weight is 480 g/mol. The van der Waals surface area contributed by atoms with E-state index in [4.69, 9.17) is 14.6 Å². The van der Waals surface area contributed by atoms with E-state index >= 15 is 0 Å². The second kappa shape index (κ2) is 8.97. The molecule has 3 atom stereocenters. The Morgan fingerprint density at radius 1 is 1.30 bits per heavy atom. The van der Waals surface area contributed by atoms with Crippen molar-refractivity contribution in [2.45, 2.75) is 82.7 Å². The summed E-state index contributed by atoms with van der Waals surface area (Å²) in [6.45, 7) is 10.7. The number of benzene rings is 1. The third-order valence-electron chi connectivity index (χ3n) is 5.53. The van der Waals surface area contributed by atoms with E-state index in [2.05, 4.69) is 36.1 Å². The third-order valence-corrected chi connectivity index (χ3v) is 7.04. The molecule has 1 aromatic heterocycles. The van der Waals surface area contributed by atoms with E-state index in [-0.39, 0.29) is 30.3 Å². The van der Waals surface area contributed by atoms with Crippen LogP contribution < -0.4 is 15.4 Å². The van der Waals surface area contributed by atoms with Crippen LogP contribution in [0.15, 0.2) is 29.2 Å². The number of fused-ring (bicyclic) bond motifs is 1. The molecule has 0 aliphatic carbocycles. The van der Waals surface area contributed by atoms with Crippen molar-refractivity contribution >= 4 is 21.5 Å². The van der Waals surface area contributed by atoms with Gasteiger partial charge in [-0.15, -0.1) is 0 Å². The van der Waals surface area contributed by atoms with Crippen LogP contribution in [0.5, 0.6) is 0 Å². The molecule has 2 aliphatic heterocycles. The fourth-order valence-electron chi connectivity index (χ4n) is 4.09. The predicted molar refractivity (Wildman–Crippen MR) is 123 cm³/mol. The number of aliphatic hydroxyl groups is 1. The van der Waals surface area contributed by atoms with E-state index in [9.17, 15) is 13.5 Å². The van der Waals surface area contributed by atoms with Crippen LogP contribution in [-0.2, 0) is 31.6 Å². The molecule has 10 nitrogen and oxygen atoms in total. The zero-order valence-corrected chi connectivity index (χ0v) is 20.4. The molecule has 182 valence electrons. The first-order valence-electron chi connectivity index (χ1n) is 11.1. The topological polar surface area (TPSA) is 127 Å². The highest BCUT2D eigenvalue weighted by atomic mass is 32.2. The van der Waals surface area contributed by atoms with E-state index in [1.54, 1.807) is 12.1 Å². The van der Waals surface area contributed by atoms with Crippen molar-refractivity contribution in [2.75, 3.05) is 11.9 Å². The maximum atomic E-state index is 12.0. The van der Waals surface area contributed by atoms with Crippen molar-refractivity contribution in [1.82, 2.24) is 19.8 Å². The van der Waals surface area contributed by atoms with Gasteiger partial charge < -0.3 is 19.9 Å². The molecule has 4 rings (SSSR count). The minimum atomic E-state index is -3.40. The minimum Gasteiger partial charge on any atom is -0.369 e. The largest absolute Gasteiger partial charge is 0.369 e. The van der Waals surface area contributed by atoms with Gasteiger partial charge in [0.05, 0.1) is 28.8 Å². The summed E-state index contributed by atoms with van der Waals surface area (Å²) in [6.07, 6.45) is -0.902. The van der Waals surface area contributed by atoms with Gasteiger partial charge in [0.2, 0.25) is 16.4 Å². The average Bonchev–Trinajstić information content (AvgIpc) is 3.38. The smallest absolute Gasteiger partial charge is 0.241 e. The Morgan fingerprint density at radius 2 is 2.06 bits per heavy atom. The fraction of sp³-hybridized carbons (Fsp3) is 0.591. The van der Waals surface area contributed by atoms with Gasteiger partial charge in [-0.1, -0.05) is 0 Å². The van der Waals surface area contributed by atoms with Gasteiger partial charge in [0.25, 0.3) is 0 Å². The van der Waals surface area contributed by atoms with Crippen molar-refractivity contribution in [3.05, 3.63) is 35.5 Å². The van der Waals surface area contributed by atoms with Crippen LogP contribution in [0.2, 0.25) is 0 Å². The number of anilines is 2. The number of hydrogen-bond acceptors (Lipinski definition) is 8. The van der Waals surface area contributed by atoms with E-state index < -0.39 is 16.4 Å². The van der Waals surface area contributed by atoms with Crippen molar-refractivity contribution in [1.29, 1.82) is 0 Å². The fourth-order valence-corrected chi connectivity index (χ4v) is 5.31. The number of rotatable bonds is 7. The molecule has 0 saturated carbocycles. The molecular weight excluding hydrogens is 446 g/mol. The van der Waals surface area contributed by atoms with Crippen LogP contribution in [0.1, 0.15) is 58.4 Å². The predicted octanol–water partition coefficient (Wildman–Crippen LogP) is 2.29. The van der Waals surface area contributed by atoms with Crippen LogP contribution in [0.4, 0.5) is 11.5 Å². The van der Waals surface area contributed by atoms with Crippen molar-refractivity contribution in [3.8, 4) is 0 Å². The van der Waals surface area contributed by atoms with E-state index in [1.165, 1.54) is 0 Å². The summed E-state index contributed by atoms with van der Waals surface area (Å²) >= 11 is 0. The van der Waals surface area contributed by atoms with Crippen molar-refractivity contribution in [3.63, 3.8) is 0 Å². The molecule has 0 amide bonds. The number of aliphatic hydroxyl groups excluding tert-OH is 1. The van der Waals surface area contributed by atoms with E-state index in [1.807, 2.05) is 30.7 Å². The minimum absolute atomic E-state index is 0.101. The molecule has 2 aliphatic rings. The summed E-state index contributed by atoms with van der Waals surface area (Å²) in [6, 6.07) is 7.21. The Morgan fingerprint density at radius 3 is 2.76 bits per heavy atom. The van der Waals surface area contributed by atoms with Crippen molar-refractivity contribution < 1.29 is 23.0 Å². The first-order chi connectivity index (χ1) is 15.4. The Bertz CT molecular complexity index is 1110. The maximum Gasteiger partial charge on any atom is 0.241 e. The molecular formula is C22H33N5O5S. The lowest BCUT2D eigenvalue weighted by atomic mass is 10.1. The standard InChI is InChI=1S/C22H33N5O5S/c1-13(2)24-21(28)32-16-9-18(31-12-16)17-10-20(26-27(17)22(3,4)5)25-15-6-7-19-14(8-15)11-23-33(19,29)30/h6-8,10,13,16,18,21,23-24,28H,9,11-12H2,1-5H3,(H,25,26). The van der Waals surface area contributed by atoms with Crippen LogP contribution in [0, 0.1) is 0 Å². The quantitative estimate of drug-likeness (QED) is 0.446. The molecule has 1 fully saturated rings. The number of hydrogen-bond donors (Lipinski definition) is 4. The molecule has 0 bridgehead atoms. The number of aromatic nitrogens is 2. The van der Waals surface area contributed by atoms with E-state index in [0.717, 1.165) is 16.9 Å². The van der Waals surface area contributed by atoms with Gasteiger partial charge in [-0.2, -0.15) is 5.10 Å². The molecule has 3 heterocycles. The van der Waals surface area contributed by atoms with Crippen LogP contribution in [-0.4, -0.2) is 48.5 Å². The number of nitrogens with zero attached hydrogens (tertiary/aromatic N) is 2. The summed E-state index contributed by atoms with van der Waals surface area (Å²) in [4.78, 5) is 0.313. The third kappa shape index (κ3) is 5.39. The Kier molecular flexibility index (Phi) is 6.56. The maximum absolute atomic E-state index is 12.0. The Labute approximate surface area is 194 Å². The van der Waals surface area contributed by atoms with Crippen LogP contribution in [0.25, 0.3) is 0 Å². The van der Waals surface area contributed by atoms with Gasteiger partial charge in [0, 0.05) is 30.8 Å². The highest BCUT2D eigenvalue weighted by molar-refractivity contribution is 7.89. The first kappa shape index (κ1) is 24.1. The van der Waals surface area contributed by atoms with Gasteiger partial charge in [-0.3, -0.25) is 10.00 Å². The molecule has 0 spiro atoms. The molecule has 3 unspecified atom stereocenters. The summed E-state index contributed by atoms with van der Waals surface area (Å²) in [5, 5.41) is 21.0. The lowest BCUT2D eigenvalue weighted by Crippen LogP contribution is -2.39. The van der Waals surface area contributed by atoms with Gasteiger partial charge in [0.15, 0.2) is 5.82 Å². The number of ether oxygens (including phenoxy) is 2. The summed E-state index contributed by atoms with van der Waals surface area (Å²) in [7, 11) is -3.40. The molecule has 1 saturated heterocycles. The first-order valence-corrected chi connectivity index (χ1v) is 12.6. The normalized spacial score (nSPS) is 23.1. The molecule has 1 aromatic carbocycles. The summed E-state index contributed by atoms with van der Waals surface area (Å²) < 4.78 is 40.1. The lowest BCUT2D eigenvalue weighted by molar-refractivity contribution is -0.156. The Balaban J connectivity index is 1.52. The van der Waals surface area contributed by atoms with Gasteiger partial charge in [-0.25, -0.2) is 13.1 Å². The lowest BCUT2D eigenvalue weighted by Gasteiger charge is -2.24. The summed E-state index contributed by atoms with van der Waals surface area (Å²) in [5.74, 6) is 0.642. The second-order valence-corrected chi connectivity index (χ2v) is 11.5. The molecule has 0 radical (unpaired) electrons. The number of nitrogens with one attached hydrogen (secondary N) is 3. The second-order valence-electron chi connectivity index (χ2n) is 9.80. The SMILES string of the molecule is CC(C)NC(O)OC1COC(c2cc(Nc3ccc4c(c3)CNS4(=O)=O)nn2C(C)(C)C)C1. The van der Waals surface area contributed by atoms with Gasteiger partial charge in [0.1, 0.15) is 6.10 Å². The van der Waals surface area contributed by atoms with Crippen LogP contribution in [0.3, 0.4) is 0 Å². The van der Waals surface area contributed by atoms with Crippen LogP contribution >= 0.6 is 0 Å². The molecule has 11 heteroatoms. The molecule has 33 heavy (non-hydrogen) atoms. The number of sulfonamides is 1. The van der Waals surface area contributed by atoms with Crippen molar-refractivity contribution in [2.24, 2.45) is 0 Å². The molecule has 2 aromatic rings. The highest BCUT2D eigenvalue weighted by Gasteiger charge is 2.34. The summed E-state index contributed by atoms with van der Waals surface area (Å²) in [5.41, 5.74) is 2.11. The van der Waals surface area contributed by atoms with E-state index in [0.29, 0.717) is 23.7 Å². The Hall–Kier alpha value is -2.02. The van der Waals surface area contributed by atoms with Gasteiger partial charge >= 0.3 is 0 Å².